The van der Waals surface area contributed by atoms with Crippen LogP contribution in [0.15, 0.2) is 12.5 Å². The predicted molar refractivity (Wildman–Crippen MR) is 84.2 cm³/mol. The van der Waals surface area contributed by atoms with E-state index in [9.17, 15) is 9.90 Å². The van der Waals surface area contributed by atoms with Crippen LogP contribution in [0.4, 0.5) is 0 Å². The molecule has 1 aromatic rings. The van der Waals surface area contributed by atoms with Crippen LogP contribution in [0, 0.1) is 0 Å². The number of aromatic nitrogens is 2. The molecule has 2 aliphatic heterocycles. The lowest BCUT2D eigenvalue weighted by atomic mass is 10.3. The molecule has 3 heterocycles. The molecule has 0 unspecified atom stereocenters. The number of H-pyrrole nitrogens is 1. The van der Waals surface area contributed by atoms with Crippen LogP contribution in [0.25, 0.3) is 0 Å². The summed E-state index contributed by atoms with van der Waals surface area (Å²) in [5, 5.41) is 10.2. The fraction of sp³-hybridized carbons (Fsp3) is 0.733. The van der Waals surface area contributed by atoms with Gasteiger partial charge in [0, 0.05) is 52.4 Å². The van der Waals surface area contributed by atoms with Crippen molar-refractivity contribution in [1.29, 1.82) is 0 Å². The second-order valence-electron chi connectivity index (χ2n) is 6.12. The van der Waals surface area contributed by atoms with E-state index in [4.69, 9.17) is 4.74 Å². The Hall–Kier alpha value is -1.48. The Bertz CT molecular complexity index is 489. The van der Waals surface area contributed by atoms with Crippen molar-refractivity contribution in [3.05, 3.63) is 18.2 Å². The van der Waals surface area contributed by atoms with Gasteiger partial charge in [0.15, 0.2) is 0 Å². The number of nitrogens with zero attached hydrogens (tertiary/aromatic N) is 4. The number of β-amino-alcohol motifs (C(OH)–C–C–N with tert-alkyl or cyclic N) is 1. The number of ether oxygens (including phenoxy) is 1. The van der Waals surface area contributed by atoms with Crippen LogP contribution in [0.3, 0.4) is 0 Å². The zero-order chi connectivity index (χ0) is 16.1. The minimum absolute atomic E-state index is 0.100. The summed E-state index contributed by atoms with van der Waals surface area (Å²) in [6.45, 7) is 7.81. The van der Waals surface area contributed by atoms with Crippen LogP contribution in [0.5, 0.6) is 0 Å². The van der Waals surface area contributed by atoms with Gasteiger partial charge in [0.2, 0.25) is 0 Å². The van der Waals surface area contributed by atoms with Gasteiger partial charge in [0.1, 0.15) is 5.69 Å². The minimum Gasteiger partial charge on any atom is -0.390 e. The van der Waals surface area contributed by atoms with E-state index in [1.165, 1.54) is 12.5 Å². The number of carbonyl (C=O) groups excluding carboxylic acids is 1. The molecule has 3 rings (SSSR count). The molecule has 8 nitrogen and oxygen atoms in total. The van der Waals surface area contributed by atoms with Crippen molar-refractivity contribution in [3.8, 4) is 0 Å². The molecule has 8 heteroatoms. The Kier molecular flexibility index (Phi) is 5.60. The van der Waals surface area contributed by atoms with Crippen molar-refractivity contribution in [2.45, 2.75) is 6.10 Å². The van der Waals surface area contributed by atoms with E-state index in [0.29, 0.717) is 25.3 Å². The van der Waals surface area contributed by atoms with Gasteiger partial charge >= 0.3 is 0 Å². The number of rotatable bonds is 4. The third kappa shape index (κ3) is 4.51. The maximum atomic E-state index is 12.4. The third-order valence-corrected chi connectivity index (χ3v) is 4.44. The number of aliphatic hydroxyl groups excluding tert-OH is 1. The van der Waals surface area contributed by atoms with E-state index >= 15 is 0 Å². The SMILES string of the molecule is O=C(c1cnc[nH]1)N1CCN(CCN2CCOCC2)C[C@@H](O)C1. The standard InChI is InChI=1S/C15H25N5O3/c21-13-10-19(2-1-18-5-7-23-8-6-18)3-4-20(11-13)15(22)14-9-16-12-17-14/h9,12-13,21H,1-8,10-11H2,(H,16,17)/t13-/m1/s1. The van der Waals surface area contributed by atoms with Gasteiger partial charge in [-0.15, -0.1) is 0 Å². The quantitative estimate of drug-likeness (QED) is 0.729. The van der Waals surface area contributed by atoms with Crippen LogP contribution in [0.1, 0.15) is 10.5 Å². The zero-order valence-electron chi connectivity index (χ0n) is 13.4. The van der Waals surface area contributed by atoms with E-state index < -0.39 is 6.10 Å². The number of nitrogens with one attached hydrogen (secondary N) is 1. The highest BCUT2D eigenvalue weighted by Gasteiger charge is 2.26. The number of morpholine rings is 1. The molecule has 0 bridgehead atoms. The number of aromatic amines is 1. The zero-order valence-corrected chi connectivity index (χ0v) is 13.4. The van der Waals surface area contributed by atoms with Gasteiger partial charge in [-0.25, -0.2) is 4.98 Å². The van der Waals surface area contributed by atoms with Crippen LogP contribution in [-0.2, 0) is 4.74 Å². The third-order valence-electron chi connectivity index (χ3n) is 4.44. The molecule has 128 valence electrons. The number of amides is 1. The van der Waals surface area contributed by atoms with Gasteiger partial charge in [-0.1, -0.05) is 0 Å². The number of imidazole rings is 1. The Morgan fingerprint density at radius 3 is 2.74 bits per heavy atom. The van der Waals surface area contributed by atoms with Crippen LogP contribution in [-0.4, -0.2) is 107 Å². The number of hydrogen-bond acceptors (Lipinski definition) is 6. The second-order valence-corrected chi connectivity index (χ2v) is 6.12. The van der Waals surface area contributed by atoms with Crippen LogP contribution in [0.2, 0.25) is 0 Å². The van der Waals surface area contributed by atoms with E-state index in [-0.39, 0.29) is 5.91 Å². The molecule has 2 aliphatic rings. The van der Waals surface area contributed by atoms with E-state index in [1.807, 2.05) is 0 Å². The topological polar surface area (TPSA) is 84.9 Å². The fourth-order valence-electron chi connectivity index (χ4n) is 3.09. The van der Waals surface area contributed by atoms with Gasteiger partial charge in [0.25, 0.3) is 5.91 Å². The highest BCUT2D eigenvalue weighted by molar-refractivity contribution is 5.92. The Labute approximate surface area is 136 Å². The van der Waals surface area contributed by atoms with Crippen molar-refractivity contribution in [3.63, 3.8) is 0 Å². The van der Waals surface area contributed by atoms with Crippen molar-refractivity contribution >= 4 is 5.91 Å². The molecule has 2 fully saturated rings. The highest BCUT2D eigenvalue weighted by Crippen LogP contribution is 2.08. The van der Waals surface area contributed by atoms with Gasteiger partial charge in [0.05, 0.1) is 31.8 Å². The number of hydrogen-bond donors (Lipinski definition) is 2. The van der Waals surface area contributed by atoms with Crippen molar-refractivity contribution in [2.24, 2.45) is 0 Å². The summed E-state index contributed by atoms with van der Waals surface area (Å²) < 4.78 is 5.36. The summed E-state index contributed by atoms with van der Waals surface area (Å²) in [6, 6.07) is 0. The monoisotopic (exact) mass is 323 g/mol. The molecular weight excluding hydrogens is 298 g/mol. The van der Waals surface area contributed by atoms with E-state index in [2.05, 4.69) is 19.8 Å². The normalized spacial score (nSPS) is 24.6. The first kappa shape index (κ1) is 16.4. The second kappa shape index (κ2) is 7.87. The molecular formula is C15H25N5O3. The maximum Gasteiger partial charge on any atom is 0.272 e. The van der Waals surface area contributed by atoms with E-state index in [1.54, 1.807) is 4.90 Å². The number of carbonyl (C=O) groups is 1. The predicted octanol–water partition coefficient (Wildman–Crippen LogP) is -1.14. The molecule has 1 amide bonds. The van der Waals surface area contributed by atoms with Gasteiger partial charge in [-0.3, -0.25) is 14.6 Å². The van der Waals surface area contributed by atoms with Crippen LogP contribution < -0.4 is 0 Å². The van der Waals surface area contributed by atoms with Gasteiger partial charge in [-0.2, -0.15) is 0 Å². The largest absolute Gasteiger partial charge is 0.390 e. The summed E-state index contributed by atoms with van der Waals surface area (Å²) in [5.74, 6) is -0.100. The van der Waals surface area contributed by atoms with Crippen LogP contribution >= 0.6 is 0 Å². The fourth-order valence-corrected chi connectivity index (χ4v) is 3.09. The highest BCUT2D eigenvalue weighted by atomic mass is 16.5. The lowest BCUT2D eigenvalue weighted by Gasteiger charge is -2.29. The summed E-state index contributed by atoms with van der Waals surface area (Å²) in [4.78, 5) is 25.4. The van der Waals surface area contributed by atoms with Crippen molar-refractivity contribution in [2.75, 3.05) is 65.6 Å². The first-order chi connectivity index (χ1) is 11.2. The molecule has 23 heavy (non-hydrogen) atoms. The summed E-state index contributed by atoms with van der Waals surface area (Å²) in [7, 11) is 0. The average Bonchev–Trinajstić information content (AvgIpc) is 3.04. The summed E-state index contributed by atoms with van der Waals surface area (Å²) >= 11 is 0. The first-order valence-electron chi connectivity index (χ1n) is 8.20. The maximum absolute atomic E-state index is 12.4. The molecule has 0 saturated carbocycles. The average molecular weight is 323 g/mol. The minimum atomic E-state index is -0.519. The number of aliphatic hydroxyl groups is 1. The molecule has 0 aromatic carbocycles. The molecule has 2 saturated heterocycles. The lowest BCUT2D eigenvalue weighted by Crippen LogP contribution is -2.43. The molecule has 2 N–H and O–H groups in total. The smallest absolute Gasteiger partial charge is 0.272 e. The molecule has 1 atom stereocenters. The summed E-state index contributed by atoms with van der Waals surface area (Å²) in [5.41, 5.74) is 0.471. The first-order valence-corrected chi connectivity index (χ1v) is 8.20. The van der Waals surface area contributed by atoms with Crippen molar-refractivity contribution in [1.82, 2.24) is 24.7 Å². The molecule has 0 radical (unpaired) electrons. The van der Waals surface area contributed by atoms with Crippen molar-refractivity contribution < 1.29 is 14.6 Å². The molecule has 0 spiro atoms. The van der Waals surface area contributed by atoms with E-state index in [0.717, 1.165) is 45.9 Å². The summed E-state index contributed by atoms with van der Waals surface area (Å²) in [6.07, 6.45) is 2.50. The Balaban J connectivity index is 1.50. The Morgan fingerprint density at radius 1 is 1.22 bits per heavy atom. The lowest BCUT2D eigenvalue weighted by molar-refractivity contribution is 0.0314. The Morgan fingerprint density at radius 2 is 2.00 bits per heavy atom. The molecule has 0 aliphatic carbocycles. The van der Waals surface area contributed by atoms with Gasteiger partial charge < -0.3 is 19.7 Å². The van der Waals surface area contributed by atoms with Gasteiger partial charge in [-0.05, 0) is 0 Å². The molecule has 1 aromatic heterocycles.